The first-order chi connectivity index (χ1) is 12.2. The van der Waals surface area contributed by atoms with Crippen molar-refractivity contribution in [1.29, 1.82) is 0 Å². The number of hydrogen-bond acceptors (Lipinski definition) is 3. The zero-order valence-corrected chi connectivity index (χ0v) is 15.5. The van der Waals surface area contributed by atoms with Crippen LogP contribution in [-0.2, 0) is 0 Å². The maximum atomic E-state index is 12.7. The molecule has 0 bridgehead atoms. The van der Waals surface area contributed by atoms with E-state index in [1.54, 1.807) is 18.3 Å². The average molecular weight is 409 g/mol. The van der Waals surface area contributed by atoms with E-state index >= 15 is 0 Å². The Hall–Kier alpha value is -2.55. The van der Waals surface area contributed by atoms with Gasteiger partial charge in [-0.1, -0.05) is 35.9 Å². The molecule has 1 heterocycles. The number of aromatic nitrogens is 1. The number of nitrogens with zero attached hydrogens (tertiary/aromatic N) is 1. The zero-order valence-electron chi connectivity index (χ0n) is 13.1. The second-order valence-corrected chi connectivity index (χ2v) is 7.07. The molecule has 0 aliphatic heterocycles. The summed E-state index contributed by atoms with van der Waals surface area (Å²) in [5.74, 6) is 2.38. The number of carbonyl (C=O) groups is 1. The van der Waals surface area contributed by atoms with E-state index in [2.05, 4.69) is 32.2 Å². The van der Waals surface area contributed by atoms with Crippen LogP contribution >= 0.6 is 27.7 Å². The smallest absolute Gasteiger partial charge is 0.256 e. The summed E-state index contributed by atoms with van der Waals surface area (Å²) in [7, 11) is 0. The van der Waals surface area contributed by atoms with Gasteiger partial charge in [0.2, 0.25) is 0 Å². The van der Waals surface area contributed by atoms with Crippen molar-refractivity contribution in [3.8, 4) is 12.3 Å². The van der Waals surface area contributed by atoms with Gasteiger partial charge in [0, 0.05) is 26.8 Å². The molecule has 0 atom stereocenters. The Morgan fingerprint density at radius 2 is 1.96 bits per heavy atom. The minimum absolute atomic E-state index is 0.186. The van der Waals surface area contributed by atoms with Crippen LogP contribution in [0, 0.1) is 12.3 Å². The molecule has 3 rings (SSSR count). The van der Waals surface area contributed by atoms with Gasteiger partial charge in [0.25, 0.3) is 5.91 Å². The summed E-state index contributed by atoms with van der Waals surface area (Å²) in [6.45, 7) is 0. The highest BCUT2D eigenvalue weighted by atomic mass is 79.9. The predicted octanol–water partition coefficient (Wildman–Crippen LogP) is 5.23. The minimum atomic E-state index is -0.186. The van der Waals surface area contributed by atoms with Gasteiger partial charge in [0.1, 0.15) is 5.03 Å². The molecule has 5 heteroatoms. The molecule has 0 spiro atoms. The topological polar surface area (TPSA) is 42.0 Å². The molecule has 25 heavy (non-hydrogen) atoms. The molecule has 2 aromatic carbocycles. The van der Waals surface area contributed by atoms with Gasteiger partial charge in [-0.05, 0) is 58.4 Å². The Labute approximate surface area is 159 Å². The molecule has 0 saturated heterocycles. The number of halogens is 1. The van der Waals surface area contributed by atoms with Crippen LogP contribution in [0.3, 0.4) is 0 Å². The van der Waals surface area contributed by atoms with E-state index in [0.29, 0.717) is 11.3 Å². The molecule has 0 unspecified atom stereocenters. The molecule has 1 N–H and O–H groups in total. The Morgan fingerprint density at radius 1 is 1.12 bits per heavy atom. The number of benzene rings is 2. The van der Waals surface area contributed by atoms with Crippen LogP contribution in [0.4, 0.5) is 5.69 Å². The van der Waals surface area contributed by atoms with Crippen molar-refractivity contribution in [1.82, 2.24) is 4.98 Å². The first kappa shape index (κ1) is 17.3. The van der Waals surface area contributed by atoms with E-state index in [-0.39, 0.29) is 5.91 Å². The average Bonchev–Trinajstić information content (AvgIpc) is 2.64. The van der Waals surface area contributed by atoms with Crippen molar-refractivity contribution in [2.75, 3.05) is 5.32 Å². The van der Waals surface area contributed by atoms with Crippen molar-refractivity contribution in [3.05, 3.63) is 82.5 Å². The number of carbonyl (C=O) groups excluding carboxylic acids is 1. The van der Waals surface area contributed by atoms with Gasteiger partial charge >= 0.3 is 0 Å². The third-order valence-corrected chi connectivity index (χ3v) is 4.83. The van der Waals surface area contributed by atoms with Gasteiger partial charge in [-0.25, -0.2) is 4.98 Å². The Morgan fingerprint density at radius 3 is 2.72 bits per heavy atom. The number of anilines is 1. The van der Waals surface area contributed by atoms with Crippen molar-refractivity contribution < 1.29 is 4.79 Å². The second-order valence-electron chi connectivity index (χ2n) is 5.09. The summed E-state index contributed by atoms with van der Waals surface area (Å²) in [6, 6.07) is 18.5. The van der Waals surface area contributed by atoms with Crippen LogP contribution in [0.25, 0.3) is 0 Å². The molecule has 0 aliphatic rings. The lowest BCUT2D eigenvalue weighted by molar-refractivity contribution is 0.102. The van der Waals surface area contributed by atoms with Crippen molar-refractivity contribution in [3.63, 3.8) is 0 Å². The van der Waals surface area contributed by atoms with Crippen molar-refractivity contribution in [2.45, 2.75) is 9.92 Å². The summed E-state index contributed by atoms with van der Waals surface area (Å²) in [5, 5.41) is 3.71. The summed E-state index contributed by atoms with van der Waals surface area (Å²) >= 11 is 4.81. The highest BCUT2D eigenvalue weighted by molar-refractivity contribution is 9.10. The minimum Gasteiger partial charge on any atom is -0.322 e. The van der Waals surface area contributed by atoms with Crippen LogP contribution in [0.5, 0.6) is 0 Å². The van der Waals surface area contributed by atoms with Gasteiger partial charge in [0.15, 0.2) is 0 Å². The number of amides is 1. The molecular weight excluding hydrogens is 396 g/mol. The molecule has 0 aliphatic carbocycles. The summed E-state index contributed by atoms with van der Waals surface area (Å²) in [6.07, 6.45) is 7.14. The largest absolute Gasteiger partial charge is 0.322 e. The number of nitrogens with one attached hydrogen (secondary N) is 1. The molecule has 122 valence electrons. The fourth-order valence-electron chi connectivity index (χ4n) is 2.16. The fourth-order valence-corrected chi connectivity index (χ4v) is 3.28. The molecular formula is C20H13BrN2OS. The molecule has 3 nitrogen and oxygen atoms in total. The molecule has 0 radical (unpaired) electrons. The van der Waals surface area contributed by atoms with E-state index in [0.717, 1.165) is 20.0 Å². The number of rotatable bonds is 4. The second kappa shape index (κ2) is 8.02. The van der Waals surface area contributed by atoms with Gasteiger partial charge in [0.05, 0.1) is 5.56 Å². The molecule has 0 saturated carbocycles. The maximum Gasteiger partial charge on any atom is 0.256 e. The van der Waals surface area contributed by atoms with Gasteiger partial charge in [-0.15, -0.1) is 6.42 Å². The van der Waals surface area contributed by atoms with Gasteiger partial charge < -0.3 is 5.32 Å². The Kier molecular flexibility index (Phi) is 5.54. The van der Waals surface area contributed by atoms with Crippen LogP contribution in [0.1, 0.15) is 15.9 Å². The standard InChI is InChI=1S/C20H13BrN2OS/c1-2-14-6-5-7-16(12-14)23-20(24)17-8-3-4-9-18(17)25-19-11-10-15(21)13-22-19/h1,3-13H,(H,23,24). The number of terminal acetylenes is 1. The molecule has 3 aromatic rings. The third-order valence-electron chi connectivity index (χ3n) is 3.33. The van der Waals surface area contributed by atoms with E-state index < -0.39 is 0 Å². The number of hydrogen-bond donors (Lipinski definition) is 1. The highest BCUT2D eigenvalue weighted by Crippen LogP contribution is 2.30. The Bertz CT molecular complexity index is 948. The normalized spacial score (nSPS) is 10.1. The Balaban J connectivity index is 1.83. The molecule has 1 amide bonds. The molecule has 0 fully saturated rings. The maximum absolute atomic E-state index is 12.7. The molecule has 1 aromatic heterocycles. The fraction of sp³-hybridized carbons (Fsp3) is 0. The first-order valence-electron chi connectivity index (χ1n) is 7.42. The van der Waals surface area contributed by atoms with E-state index in [9.17, 15) is 4.79 Å². The summed E-state index contributed by atoms with van der Waals surface area (Å²) < 4.78 is 0.913. The van der Waals surface area contributed by atoms with Crippen LogP contribution in [-0.4, -0.2) is 10.9 Å². The zero-order chi connectivity index (χ0) is 17.6. The quantitative estimate of drug-likeness (QED) is 0.600. The monoisotopic (exact) mass is 408 g/mol. The first-order valence-corrected chi connectivity index (χ1v) is 9.03. The van der Waals surface area contributed by atoms with Gasteiger partial charge in [-0.3, -0.25) is 4.79 Å². The van der Waals surface area contributed by atoms with Crippen LogP contribution < -0.4 is 5.32 Å². The summed E-state index contributed by atoms with van der Waals surface area (Å²) in [4.78, 5) is 17.9. The van der Waals surface area contributed by atoms with Crippen LogP contribution in [0.15, 0.2) is 81.3 Å². The SMILES string of the molecule is C#Cc1cccc(NC(=O)c2ccccc2Sc2ccc(Br)cn2)c1. The van der Waals surface area contributed by atoms with E-state index in [1.165, 1.54) is 11.8 Å². The lowest BCUT2D eigenvalue weighted by Gasteiger charge is -2.10. The van der Waals surface area contributed by atoms with Crippen LogP contribution in [0.2, 0.25) is 0 Å². The van der Waals surface area contributed by atoms with E-state index in [1.807, 2.05) is 48.5 Å². The third kappa shape index (κ3) is 4.50. The van der Waals surface area contributed by atoms with Crippen molar-refractivity contribution >= 4 is 39.3 Å². The van der Waals surface area contributed by atoms with Crippen molar-refractivity contribution in [2.24, 2.45) is 0 Å². The predicted molar refractivity (Wildman–Crippen MR) is 105 cm³/mol. The van der Waals surface area contributed by atoms with Gasteiger partial charge in [-0.2, -0.15) is 0 Å². The highest BCUT2D eigenvalue weighted by Gasteiger charge is 2.13. The summed E-state index contributed by atoms with van der Waals surface area (Å²) in [5.41, 5.74) is 1.98. The lowest BCUT2D eigenvalue weighted by Crippen LogP contribution is -2.13. The lowest BCUT2D eigenvalue weighted by atomic mass is 10.2. The number of pyridine rings is 1. The van der Waals surface area contributed by atoms with E-state index in [4.69, 9.17) is 6.42 Å².